The molecular formula is C20H20N2O2. The van der Waals surface area contributed by atoms with E-state index in [2.05, 4.69) is 36.2 Å². The molecule has 0 fully saturated rings. The molecule has 1 aliphatic carbocycles. The van der Waals surface area contributed by atoms with Crippen LogP contribution in [0.4, 0.5) is 11.4 Å². The summed E-state index contributed by atoms with van der Waals surface area (Å²) in [7, 11) is 0. The number of benzene rings is 2. The average molecular weight is 320 g/mol. The Labute approximate surface area is 141 Å². The van der Waals surface area contributed by atoms with Crippen molar-refractivity contribution in [3.8, 4) is 0 Å². The Morgan fingerprint density at radius 2 is 1.50 bits per heavy atom. The van der Waals surface area contributed by atoms with E-state index in [1.54, 1.807) is 12.1 Å². The molecule has 24 heavy (non-hydrogen) atoms. The molecule has 4 heteroatoms. The third-order valence-corrected chi connectivity index (χ3v) is 4.24. The Balaban J connectivity index is 1.87. The fourth-order valence-corrected chi connectivity index (χ4v) is 2.93. The number of Topliss-reactive ketones (excluding diaryl/α,β-unsaturated/α-hetero) is 1. The molecule has 0 heterocycles. The molecule has 0 bridgehead atoms. The van der Waals surface area contributed by atoms with Crippen molar-refractivity contribution in [1.29, 1.82) is 0 Å². The average Bonchev–Trinajstić information content (AvgIpc) is 2.62. The third kappa shape index (κ3) is 2.95. The number of hydrogen-bond acceptors (Lipinski definition) is 4. The maximum Gasteiger partial charge on any atom is 0.233 e. The Hall–Kier alpha value is -2.88. The Morgan fingerprint density at radius 1 is 0.875 bits per heavy atom. The molecule has 0 radical (unpaired) electrons. The number of anilines is 2. The minimum atomic E-state index is -0.490. The highest BCUT2D eigenvalue weighted by atomic mass is 16.2. The summed E-state index contributed by atoms with van der Waals surface area (Å²) < 4.78 is 0. The van der Waals surface area contributed by atoms with Gasteiger partial charge in [0.05, 0.1) is 5.70 Å². The second kappa shape index (κ2) is 6.71. The molecule has 0 aliphatic heterocycles. The molecular weight excluding hydrogens is 300 g/mol. The van der Waals surface area contributed by atoms with Crippen molar-refractivity contribution >= 4 is 28.6 Å². The number of carbonyl (C=O) groups excluding carboxylic acids is 2. The number of nitrogens with zero attached hydrogens (tertiary/aromatic N) is 1. The van der Waals surface area contributed by atoms with Gasteiger partial charge in [0, 0.05) is 41.7 Å². The van der Waals surface area contributed by atoms with Crippen molar-refractivity contribution in [2.75, 3.05) is 23.3 Å². The van der Waals surface area contributed by atoms with Gasteiger partial charge >= 0.3 is 0 Å². The van der Waals surface area contributed by atoms with E-state index in [4.69, 9.17) is 0 Å². The monoisotopic (exact) mass is 320 g/mol. The summed E-state index contributed by atoms with van der Waals surface area (Å²) in [6.07, 6.45) is 1.38. The third-order valence-electron chi connectivity index (χ3n) is 4.24. The first-order valence-corrected chi connectivity index (χ1v) is 8.15. The van der Waals surface area contributed by atoms with Crippen LogP contribution in [0, 0.1) is 0 Å². The summed E-state index contributed by atoms with van der Waals surface area (Å²) in [5.74, 6) is -0.941. The van der Waals surface area contributed by atoms with E-state index >= 15 is 0 Å². The fraction of sp³-hybridized carbons (Fsp3) is 0.200. The van der Waals surface area contributed by atoms with Gasteiger partial charge in [-0.25, -0.2) is 0 Å². The summed E-state index contributed by atoms with van der Waals surface area (Å²) in [5.41, 5.74) is 3.91. The zero-order valence-corrected chi connectivity index (χ0v) is 13.9. The summed E-state index contributed by atoms with van der Waals surface area (Å²) in [5, 5.41) is 3.26. The van der Waals surface area contributed by atoms with Crippen LogP contribution in [-0.4, -0.2) is 24.7 Å². The molecule has 0 saturated carbocycles. The van der Waals surface area contributed by atoms with Gasteiger partial charge in [-0.3, -0.25) is 9.59 Å². The van der Waals surface area contributed by atoms with Crippen LogP contribution in [0.1, 0.15) is 29.8 Å². The van der Waals surface area contributed by atoms with E-state index in [1.807, 2.05) is 24.3 Å². The van der Waals surface area contributed by atoms with Crippen LogP contribution in [0.5, 0.6) is 0 Å². The van der Waals surface area contributed by atoms with Gasteiger partial charge in [0.1, 0.15) is 0 Å². The fourth-order valence-electron chi connectivity index (χ4n) is 2.93. The molecule has 2 aromatic carbocycles. The second-order valence-corrected chi connectivity index (χ2v) is 5.64. The van der Waals surface area contributed by atoms with Gasteiger partial charge in [0.15, 0.2) is 0 Å². The Morgan fingerprint density at radius 3 is 2.12 bits per heavy atom. The molecule has 0 atom stereocenters. The molecule has 1 aliphatic rings. The van der Waals surface area contributed by atoms with Crippen molar-refractivity contribution in [2.45, 2.75) is 13.8 Å². The van der Waals surface area contributed by atoms with E-state index in [9.17, 15) is 9.59 Å². The zero-order valence-electron chi connectivity index (χ0n) is 13.9. The molecule has 1 N–H and O–H groups in total. The molecule has 0 aromatic heterocycles. The Kier molecular flexibility index (Phi) is 4.47. The van der Waals surface area contributed by atoms with Gasteiger partial charge in [0.25, 0.3) is 0 Å². The lowest BCUT2D eigenvalue weighted by Gasteiger charge is -2.22. The quantitative estimate of drug-likeness (QED) is 0.852. The highest BCUT2D eigenvalue weighted by Gasteiger charge is 2.25. The van der Waals surface area contributed by atoms with E-state index in [-0.39, 0.29) is 0 Å². The molecule has 0 amide bonds. The van der Waals surface area contributed by atoms with Crippen LogP contribution >= 0.6 is 0 Å². The molecule has 2 aromatic rings. The van der Waals surface area contributed by atoms with Gasteiger partial charge in [-0.2, -0.15) is 0 Å². The van der Waals surface area contributed by atoms with E-state index in [0.717, 1.165) is 30.0 Å². The van der Waals surface area contributed by atoms with E-state index in [1.165, 1.54) is 6.08 Å². The number of nitrogens with one attached hydrogen (secondary N) is 1. The smallest absolute Gasteiger partial charge is 0.233 e. The van der Waals surface area contributed by atoms with Crippen LogP contribution in [0.3, 0.4) is 0 Å². The lowest BCUT2D eigenvalue weighted by molar-refractivity contribution is -0.111. The maximum atomic E-state index is 12.0. The largest absolute Gasteiger partial charge is 0.372 e. The van der Waals surface area contributed by atoms with Crippen molar-refractivity contribution in [3.05, 3.63) is 65.7 Å². The highest BCUT2D eigenvalue weighted by molar-refractivity contribution is 6.50. The first-order valence-electron chi connectivity index (χ1n) is 8.15. The number of rotatable bonds is 5. The van der Waals surface area contributed by atoms with E-state index in [0.29, 0.717) is 11.3 Å². The maximum absolute atomic E-state index is 12.0. The van der Waals surface area contributed by atoms with Crippen LogP contribution in [0.2, 0.25) is 0 Å². The van der Waals surface area contributed by atoms with Gasteiger partial charge in [-0.1, -0.05) is 24.3 Å². The summed E-state index contributed by atoms with van der Waals surface area (Å²) in [4.78, 5) is 26.1. The normalized spacial score (nSPS) is 13.3. The van der Waals surface area contributed by atoms with Crippen LogP contribution in [0.25, 0.3) is 5.70 Å². The van der Waals surface area contributed by atoms with Crippen molar-refractivity contribution in [3.63, 3.8) is 0 Å². The first kappa shape index (κ1) is 16.0. The molecule has 4 nitrogen and oxygen atoms in total. The van der Waals surface area contributed by atoms with Crippen molar-refractivity contribution < 1.29 is 9.59 Å². The number of fused-ring (bicyclic) bond motifs is 1. The summed E-state index contributed by atoms with van der Waals surface area (Å²) in [6.45, 7) is 6.17. The molecule has 3 rings (SSSR count). The summed E-state index contributed by atoms with van der Waals surface area (Å²) >= 11 is 0. The van der Waals surface area contributed by atoms with Crippen molar-refractivity contribution in [1.82, 2.24) is 0 Å². The van der Waals surface area contributed by atoms with Gasteiger partial charge in [0.2, 0.25) is 11.6 Å². The molecule has 0 spiro atoms. The number of ketones is 2. The first-order chi connectivity index (χ1) is 11.6. The minimum Gasteiger partial charge on any atom is -0.372 e. The molecule has 122 valence electrons. The lowest BCUT2D eigenvalue weighted by Crippen LogP contribution is -2.22. The Bertz CT molecular complexity index is 803. The topological polar surface area (TPSA) is 49.4 Å². The van der Waals surface area contributed by atoms with Gasteiger partial charge in [-0.05, 0) is 38.1 Å². The summed E-state index contributed by atoms with van der Waals surface area (Å²) in [6, 6.07) is 15.2. The predicted octanol–water partition coefficient (Wildman–Crippen LogP) is 3.75. The predicted molar refractivity (Wildman–Crippen MR) is 97.4 cm³/mol. The lowest BCUT2D eigenvalue weighted by atomic mass is 9.92. The van der Waals surface area contributed by atoms with Gasteiger partial charge < -0.3 is 10.2 Å². The number of hydrogen-bond donors (Lipinski definition) is 1. The standard InChI is InChI=1S/C20H20N2O2/c1-3-22(4-2)15-11-9-14(10-12-15)21-18-13-19(23)20(24)17-8-6-5-7-16(17)18/h5-13,21H,3-4H2,1-2H3. The SMILES string of the molecule is CCN(CC)c1ccc(NC2=CC(=O)C(=O)c3ccccc32)cc1. The number of allylic oxidation sites excluding steroid dienone is 1. The molecule has 0 unspecified atom stereocenters. The van der Waals surface area contributed by atoms with Crippen LogP contribution in [-0.2, 0) is 4.79 Å². The van der Waals surface area contributed by atoms with Gasteiger partial charge in [-0.15, -0.1) is 0 Å². The highest BCUT2D eigenvalue weighted by Crippen LogP contribution is 2.27. The van der Waals surface area contributed by atoms with Crippen LogP contribution in [0.15, 0.2) is 54.6 Å². The van der Waals surface area contributed by atoms with Crippen LogP contribution < -0.4 is 10.2 Å². The second-order valence-electron chi connectivity index (χ2n) is 5.64. The zero-order chi connectivity index (χ0) is 17.1. The molecule has 0 saturated heterocycles. The van der Waals surface area contributed by atoms with E-state index < -0.39 is 11.6 Å². The minimum absolute atomic E-state index is 0.451. The van der Waals surface area contributed by atoms with Crippen molar-refractivity contribution in [2.24, 2.45) is 0 Å². The number of carbonyl (C=O) groups is 2.